The molecule has 0 saturated heterocycles. The topological polar surface area (TPSA) is 62.5 Å². The Labute approximate surface area is 109 Å². The van der Waals surface area contributed by atoms with Crippen LogP contribution in [0.15, 0.2) is 40.8 Å². The number of aromatic carboxylic acids is 1. The fraction of sp³-hybridized carbons (Fsp3) is 0.214. The minimum atomic E-state index is -1.09. The van der Waals surface area contributed by atoms with Crippen LogP contribution >= 0.6 is 0 Å². The van der Waals surface area contributed by atoms with Gasteiger partial charge in [0.1, 0.15) is 11.6 Å². The highest BCUT2D eigenvalue weighted by Gasteiger charge is 2.10. The molecule has 0 unspecified atom stereocenters. The number of furan rings is 1. The maximum Gasteiger partial charge on any atom is 0.371 e. The maximum atomic E-state index is 12.8. The van der Waals surface area contributed by atoms with Gasteiger partial charge in [0, 0.05) is 6.04 Å². The molecule has 0 saturated carbocycles. The Morgan fingerprint density at radius 1 is 1.32 bits per heavy atom. The molecule has 4 nitrogen and oxygen atoms in total. The molecule has 0 aliphatic rings. The highest BCUT2D eigenvalue weighted by Crippen LogP contribution is 2.14. The Balaban J connectivity index is 1.94. The second kappa shape index (κ2) is 5.67. The van der Waals surface area contributed by atoms with Crippen molar-refractivity contribution in [3.8, 4) is 0 Å². The predicted molar refractivity (Wildman–Crippen MR) is 67.3 cm³/mol. The van der Waals surface area contributed by atoms with Crippen LogP contribution in [0.3, 0.4) is 0 Å². The van der Waals surface area contributed by atoms with E-state index in [2.05, 4.69) is 5.32 Å². The molecule has 0 fully saturated rings. The molecular formula is C14H14FNO3. The van der Waals surface area contributed by atoms with Crippen LogP contribution in [-0.4, -0.2) is 11.1 Å². The average Bonchev–Trinajstić information content (AvgIpc) is 2.86. The van der Waals surface area contributed by atoms with E-state index in [0.717, 1.165) is 5.56 Å². The lowest BCUT2D eigenvalue weighted by Crippen LogP contribution is -2.17. The van der Waals surface area contributed by atoms with Gasteiger partial charge in [0.2, 0.25) is 5.76 Å². The van der Waals surface area contributed by atoms with Gasteiger partial charge in [0.05, 0.1) is 6.54 Å². The molecule has 0 radical (unpaired) electrons. The molecule has 1 aromatic carbocycles. The zero-order chi connectivity index (χ0) is 13.8. The second-order valence-corrected chi connectivity index (χ2v) is 4.23. The number of hydrogen-bond acceptors (Lipinski definition) is 3. The van der Waals surface area contributed by atoms with Gasteiger partial charge in [-0.25, -0.2) is 9.18 Å². The zero-order valence-corrected chi connectivity index (χ0v) is 10.4. The third-order valence-corrected chi connectivity index (χ3v) is 2.82. The summed E-state index contributed by atoms with van der Waals surface area (Å²) in [6.45, 7) is 2.35. The Kier molecular flexibility index (Phi) is 3.97. The molecule has 1 aromatic heterocycles. The van der Waals surface area contributed by atoms with Crippen molar-refractivity contribution in [2.75, 3.05) is 0 Å². The lowest BCUT2D eigenvalue weighted by molar-refractivity contribution is 0.0660. The highest BCUT2D eigenvalue weighted by atomic mass is 19.1. The van der Waals surface area contributed by atoms with Gasteiger partial charge in [-0.2, -0.15) is 0 Å². The van der Waals surface area contributed by atoms with Crippen LogP contribution in [0, 0.1) is 5.82 Å². The Morgan fingerprint density at radius 3 is 2.58 bits per heavy atom. The number of carboxylic acid groups (broad SMARTS) is 1. The van der Waals surface area contributed by atoms with Gasteiger partial charge in [-0.15, -0.1) is 0 Å². The fourth-order valence-corrected chi connectivity index (χ4v) is 1.71. The number of nitrogens with one attached hydrogen (secondary N) is 1. The molecule has 2 N–H and O–H groups in total. The summed E-state index contributed by atoms with van der Waals surface area (Å²) in [5.74, 6) is -0.886. The molecule has 1 heterocycles. The first-order valence-electron chi connectivity index (χ1n) is 5.87. The van der Waals surface area contributed by atoms with Gasteiger partial charge >= 0.3 is 5.97 Å². The van der Waals surface area contributed by atoms with Gasteiger partial charge in [-0.05, 0) is 36.8 Å². The molecule has 1 atom stereocenters. The van der Waals surface area contributed by atoms with Crippen LogP contribution in [0.4, 0.5) is 4.39 Å². The molecule has 0 aliphatic carbocycles. The number of carbonyl (C=O) groups is 1. The summed E-state index contributed by atoms with van der Waals surface area (Å²) in [5.41, 5.74) is 0.950. The number of carboxylic acids is 1. The van der Waals surface area contributed by atoms with Gasteiger partial charge in [0.25, 0.3) is 0 Å². The first kappa shape index (κ1) is 13.3. The number of hydrogen-bond donors (Lipinski definition) is 2. The summed E-state index contributed by atoms with van der Waals surface area (Å²) < 4.78 is 17.9. The molecule has 0 amide bonds. The largest absolute Gasteiger partial charge is 0.475 e. The van der Waals surface area contributed by atoms with Crippen molar-refractivity contribution in [2.45, 2.75) is 19.5 Å². The number of benzene rings is 1. The van der Waals surface area contributed by atoms with Gasteiger partial charge in [-0.1, -0.05) is 12.1 Å². The summed E-state index contributed by atoms with van der Waals surface area (Å²) in [6.07, 6.45) is 0. The van der Waals surface area contributed by atoms with Crippen LogP contribution < -0.4 is 5.32 Å². The van der Waals surface area contributed by atoms with E-state index in [4.69, 9.17) is 9.52 Å². The summed E-state index contributed by atoms with van der Waals surface area (Å²) in [7, 11) is 0. The van der Waals surface area contributed by atoms with Crippen LogP contribution in [0.1, 0.15) is 34.8 Å². The number of rotatable bonds is 5. The van der Waals surface area contributed by atoms with Crippen molar-refractivity contribution >= 4 is 5.97 Å². The van der Waals surface area contributed by atoms with Crippen molar-refractivity contribution in [1.82, 2.24) is 5.32 Å². The Hall–Kier alpha value is -2.14. The predicted octanol–water partition coefficient (Wildman–Crippen LogP) is 2.97. The van der Waals surface area contributed by atoms with Crippen molar-refractivity contribution in [3.63, 3.8) is 0 Å². The Morgan fingerprint density at radius 2 is 2.00 bits per heavy atom. The molecule has 0 bridgehead atoms. The van der Waals surface area contributed by atoms with Crippen molar-refractivity contribution < 1.29 is 18.7 Å². The third kappa shape index (κ3) is 3.42. The highest BCUT2D eigenvalue weighted by molar-refractivity contribution is 5.84. The van der Waals surface area contributed by atoms with E-state index in [1.165, 1.54) is 18.2 Å². The van der Waals surface area contributed by atoms with Crippen molar-refractivity contribution in [3.05, 3.63) is 59.3 Å². The second-order valence-electron chi connectivity index (χ2n) is 4.23. The monoisotopic (exact) mass is 263 g/mol. The van der Waals surface area contributed by atoms with Crippen molar-refractivity contribution in [1.29, 1.82) is 0 Å². The summed E-state index contributed by atoms with van der Waals surface area (Å²) in [4.78, 5) is 10.7. The smallest absolute Gasteiger partial charge is 0.371 e. The van der Waals surface area contributed by atoms with E-state index >= 15 is 0 Å². The molecule has 100 valence electrons. The van der Waals surface area contributed by atoms with Gasteiger partial charge in [-0.3, -0.25) is 0 Å². The maximum absolute atomic E-state index is 12.8. The van der Waals surface area contributed by atoms with E-state index in [0.29, 0.717) is 12.3 Å². The standard InChI is InChI=1S/C14H14FNO3/c1-9(10-2-4-11(15)5-3-10)16-8-12-6-7-13(19-12)14(17)18/h2-7,9,16H,8H2,1H3,(H,17,18)/t9-/m1/s1. The van der Waals surface area contributed by atoms with E-state index in [-0.39, 0.29) is 17.6 Å². The molecule has 2 rings (SSSR count). The molecule has 5 heteroatoms. The van der Waals surface area contributed by atoms with E-state index < -0.39 is 5.97 Å². The van der Waals surface area contributed by atoms with Gasteiger partial charge in [0.15, 0.2) is 0 Å². The SMILES string of the molecule is C[C@@H](NCc1ccc(C(=O)O)o1)c1ccc(F)cc1. The normalized spacial score (nSPS) is 12.3. The number of halogens is 1. The van der Waals surface area contributed by atoms with Crippen LogP contribution in [0.25, 0.3) is 0 Å². The molecule has 19 heavy (non-hydrogen) atoms. The minimum Gasteiger partial charge on any atom is -0.475 e. The quantitative estimate of drug-likeness (QED) is 0.870. The first-order chi connectivity index (χ1) is 9.06. The minimum absolute atomic E-state index is 0.0129. The van der Waals surface area contributed by atoms with E-state index in [1.54, 1.807) is 18.2 Å². The lowest BCUT2D eigenvalue weighted by Gasteiger charge is -2.13. The Bertz CT molecular complexity index is 562. The third-order valence-electron chi connectivity index (χ3n) is 2.82. The summed E-state index contributed by atoms with van der Waals surface area (Å²) in [6, 6.07) is 9.27. The molecule has 0 spiro atoms. The molecular weight excluding hydrogens is 249 g/mol. The van der Waals surface area contributed by atoms with Crippen LogP contribution in [-0.2, 0) is 6.54 Å². The molecule has 2 aromatic rings. The lowest BCUT2D eigenvalue weighted by atomic mass is 10.1. The summed E-state index contributed by atoms with van der Waals surface area (Å²) in [5, 5.41) is 11.9. The molecule has 0 aliphatic heterocycles. The van der Waals surface area contributed by atoms with Gasteiger partial charge < -0.3 is 14.8 Å². The van der Waals surface area contributed by atoms with E-state index in [1.807, 2.05) is 6.92 Å². The fourth-order valence-electron chi connectivity index (χ4n) is 1.71. The van der Waals surface area contributed by atoms with Crippen LogP contribution in [0.2, 0.25) is 0 Å². The summed E-state index contributed by atoms with van der Waals surface area (Å²) >= 11 is 0. The first-order valence-corrected chi connectivity index (χ1v) is 5.87. The van der Waals surface area contributed by atoms with E-state index in [9.17, 15) is 9.18 Å². The van der Waals surface area contributed by atoms with Crippen LogP contribution in [0.5, 0.6) is 0 Å². The zero-order valence-electron chi connectivity index (χ0n) is 10.4. The van der Waals surface area contributed by atoms with Crippen molar-refractivity contribution in [2.24, 2.45) is 0 Å². The average molecular weight is 263 g/mol.